The molecule has 0 aliphatic rings. The maximum atomic E-state index is 13.1. The number of rotatable bonds is 4. The SMILES string of the molecule is COC(=O)c1ccccc1CNc1ccc(F)c(F)c1. The van der Waals surface area contributed by atoms with Crippen LogP contribution in [0.25, 0.3) is 0 Å². The van der Waals surface area contributed by atoms with E-state index < -0.39 is 17.6 Å². The lowest BCUT2D eigenvalue weighted by Gasteiger charge is -2.10. The number of esters is 1. The number of hydrogen-bond donors (Lipinski definition) is 1. The van der Waals surface area contributed by atoms with E-state index in [0.29, 0.717) is 23.4 Å². The molecule has 104 valence electrons. The first-order valence-corrected chi connectivity index (χ1v) is 5.97. The van der Waals surface area contributed by atoms with Gasteiger partial charge >= 0.3 is 5.97 Å². The van der Waals surface area contributed by atoms with Gasteiger partial charge in [0, 0.05) is 18.3 Å². The number of benzene rings is 2. The molecule has 1 N–H and O–H groups in total. The van der Waals surface area contributed by atoms with Crippen LogP contribution in [0.15, 0.2) is 42.5 Å². The maximum absolute atomic E-state index is 13.1. The van der Waals surface area contributed by atoms with Gasteiger partial charge in [-0.25, -0.2) is 13.6 Å². The van der Waals surface area contributed by atoms with Gasteiger partial charge < -0.3 is 10.1 Å². The van der Waals surface area contributed by atoms with Gasteiger partial charge in [0.1, 0.15) is 0 Å². The third kappa shape index (κ3) is 3.12. The van der Waals surface area contributed by atoms with E-state index in [-0.39, 0.29) is 0 Å². The molecule has 20 heavy (non-hydrogen) atoms. The zero-order valence-electron chi connectivity index (χ0n) is 10.8. The van der Waals surface area contributed by atoms with E-state index in [0.717, 1.165) is 12.1 Å². The molecule has 0 aromatic heterocycles. The Morgan fingerprint density at radius 3 is 2.60 bits per heavy atom. The summed E-state index contributed by atoms with van der Waals surface area (Å²) in [4.78, 5) is 11.6. The van der Waals surface area contributed by atoms with Crippen LogP contribution in [0.4, 0.5) is 14.5 Å². The summed E-state index contributed by atoms with van der Waals surface area (Å²) in [5.74, 6) is -2.26. The Bertz CT molecular complexity index is 629. The molecule has 2 aromatic carbocycles. The number of anilines is 1. The highest BCUT2D eigenvalue weighted by molar-refractivity contribution is 5.91. The van der Waals surface area contributed by atoms with Gasteiger partial charge in [-0.05, 0) is 23.8 Å². The number of ether oxygens (including phenoxy) is 1. The van der Waals surface area contributed by atoms with E-state index in [1.165, 1.54) is 13.2 Å². The van der Waals surface area contributed by atoms with Crippen molar-refractivity contribution in [3.8, 4) is 0 Å². The first kappa shape index (κ1) is 14.0. The standard InChI is InChI=1S/C15H13F2NO2/c1-20-15(19)12-5-3-2-4-10(12)9-18-11-6-7-13(16)14(17)8-11/h2-8,18H,9H2,1H3. The van der Waals surface area contributed by atoms with Crippen LogP contribution in [-0.4, -0.2) is 13.1 Å². The van der Waals surface area contributed by atoms with E-state index in [1.54, 1.807) is 24.3 Å². The third-order valence-corrected chi connectivity index (χ3v) is 2.83. The van der Waals surface area contributed by atoms with Gasteiger partial charge in [-0.15, -0.1) is 0 Å². The summed E-state index contributed by atoms with van der Waals surface area (Å²) in [6.07, 6.45) is 0. The highest BCUT2D eigenvalue weighted by atomic mass is 19.2. The summed E-state index contributed by atoms with van der Waals surface area (Å²) in [6.45, 7) is 0.302. The molecule has 0 saturated carbocycles. The van der Waals surface area contributed by atoms with Gasteiger partial charge in [-0.2, -0.15) is 0 Å². The molecular formula is C15H13F2NO2. The monoisotopic (exact) mass is 277 g/mol. The number of nitrogens with one attached hydrogen (secondary N) is 1. The molecule has 0 atom stereocenters. The Labute approximate surface area is 115 Å². The minimum absolute atomic E-state index is 0.302. The topological polar surface area (TPSA) is 38.3 Å². The van der Waals surface area contributed by atoms with Crippen molar-refractivity contribution in [2.45, 2.75) is 6.54 Å². The molecule has 3 nitrogen and oxygen atoms in total. The fourth-order valence-corrected chi connectivity index (χ4v) is 1.79. The van der Waals surface area contributed by atoms with Gasteiger partial charge in [0.25, 0.3) is 0 Å². The van der Waals surface area contributed by atoms with Crippen LogP contribution in [-0.2, 0) is 11.3 Å². The van der Waals surface area contributed by atoms with Crippen molar-refractivity contribution < 1.29 is 18.3 Å². The molecule has 0 fully saturated rings. The van der Waals surface area contributed by atoms with Crippen LogP contribution in [0.5, 0.6) is 0 Å². The quantitative estimate of drug-likeness (QED) is 0.871. The number of carbonyl (C=O) groups excluding carboxylic acids is 1. The predicted molar refractivity (Wildman–Crippen MR) is 71.5 cm³/mol. The van der Waals surface area contributed by atoms with Gasteiger partial charge in [0.15, 0.2) is 11.6 Å². The summed E-state index contributed by atoms with van der Waals surface area (Å²) in [6, 6.07) is 10.5. The van der Waals surface area contributed by atoms with Crippen LogP contribution in [0.3, 0.4) is 0 Å². The molecule has 0 bridgehead atoms. The van der Waals surface area contributed by atoms with Crippen molar-refractivity contribution >= 4 is 11.7 Å². The van der Waals surface area contributed by atoms with E-state index in [4.69, 9.17) is 0 Å². The number of hydrogen-bond acceptors (Lipinski definition) is 3. The van der Waals surface area contributed by atoms with Crippen LogP contribution in [0, 0.1) is 11.6 Å². The molecule has 0 aliphatic carbocycles. The summed E-state index contributed by atoms with van der Waals surface area (Å²) in [5, 5.41) is 2.93. The van der Waals surface area contributed by atoms with E-state index in [2.05, 4.69) is 10.1 Å². The normalized spacial score (nSPS) is 10.2. The Morgan fingerprint density at radius 1 is 1.15 bits per heavy atom. The van der Waals surface area contributed by atoms with Gasteiger partial charge in [0.2, 0.25) is 0 Å². The minimum atomic E-state index is -0.920. The van der Waals surface area contributed by atoms with E-state index in [9.17, 15) is 13.6 Å². The molecule has 0 spiro atoms. The molecule has 0 amide bonds. The predicted octanol–water partition coefficient (Wildman–Crippen LogP) is 3.36. The molecule has 0 heterocycles. The Kier molecular flexibility index (Phi) is 4.30. The first-order valence-electron chi connectivity index (χ1n) is 5.97. The summed E-state index contributed by atoms with van der Waals surface area (Å²) < 4.78 is 30.6. The summed E-state index contributed by atoms with van der Waals surface area (Å²) in [7, 11) is 1.31. The summed E-state index contributed by atoms with van der Waals surface area (Å²) in [5.41, 5.74) is 1.58. The molecular weight excluding hydrogens is 264 g/mol. The minimum Gasteiger partial charge on any atom is -0.465 e. The van der Waals surface area contributed by atoms with Gasteiger partial charge in [0.05, 0.1) is 12.7 Å². The van der Waals surface area contributed by atoms with Crippen molar-refractivity contribution in [1.29, 1.82) is 0 Å². The lowest BCUT2D eigenvalue weighted by atomic mass is 10.1. The van der Waals surface area contributed by atoms with E-state index in [1.807, 2.05) is 0 Å². The lowest BCUT2D eigenvalue weighted by Crippen LogP contribution is -2.09. The second-order valence-electron chi connectivity index (χ2n) is 4.13. The molecule has 5 heteroatoms. The maximum Gasteiger partial charge on any atom is 0.338 e. The summed E-state index contributed by atoms with van der Waals surface area (Å²) >= 11 is 0. The smallest absolute Gasteiger partial charge is 0.338 e. The zero-order valence-corrected chi connectivity index (χ0v) is 10.8. The Morgan fingerprint density at radius 2 is 1.90 bits per heavy atom. The van der Waals surface area contributed by atoms with Crippen molar-refractivity contribution in [2.75, 3.05) is 12.4 Å². The lowest BCUT2D eigenvalue weighted by molar-refractivity contribution is 0.0599. The largest absolute Gasteiger partial charge is 0.465 e. The zero-order chi connectivity index (χ0) is 14.5. The van der Waals surface area contributed by atoms with Crippen molar-refractivity contribution in [1.82, 2.24) is 0 Å². The molecule has 0 unspecified atom stereocenters. The first-order chi connectivity index (χ1) is 9.61. The highest BCUT2D eigenvalue weighted by Crippen LogP contribution is 2.16. The number of methoxy groups -OCH3 is 1. The molecule has 0 radical (unpaired) electrons. The Hall–Kier alpha value is -2.43. The fraction of sp³-hybridized carbons (Fsp3) is 0.133. The average molecular weight is 277 g/mol. The molecule has 2 rings (SSSR count). The third-order valence-electron chi connectivity index (χ3n) is 2.83. The average Bonchev–Trinajstić information content (AvgIpc) is 2.48. The number of halogens is 2. The second kappa shape index (κ2) is 6.14. The Balaban J connectivity index is 2.14. The van der Waals surface area contributed by atoms with E-state index >= 15 is 0 Å². The van der Waals surface area contributed by atoms with Crippen molar-refractivity contribution in [3.05, 3.63) is 65.2 Å². The number of carbonyl (C=O) groups is 1. The highest BCUT2D eigenvalue weighted by Gasteiger charge is 2.10. The molecule has 2 aromatic rings. The van der Waals surface area contributed by atoms with Crippen LogP contribution in [0.1, 0.15) is 15.9 Å². The fourth-order valence-electron chi connectivity index (χ4n) is 1.79. The van der Waals surface area contributed by atoms with Gasteiger partial charge in [-0.3, -0.25) is 0 Å². The van der Waals surface area contributed by atoms with Crippen molar-refractivity contribution in [3.63, 3.8) is 0 Å². The molecule has 0 aliphatic heterocycles. The second-order valence-corrected chi connectivity index (χ2v) is 4.13. The molecule has 0 saturated heterocycles. The van der Waals surface area contributed by atoms with Crippen LogP contribution < -0.4 is 5.32 Å². The van der Waals surface area contributed by atoms with Crippen molar-refractivity contribution in [2.24, 2.45) is 0 Å². The van der Waals surface area contributed by atoms with Crippen LogP contribution in [0.2, 0.25) is 0 Å². The van der Waals surface area contributed by atoms with Gasteiger partial charge in [-0.1, -0.05) is 18.2 Å². The van der Waals surface area contributed by atoms with Crippen LogP contribution >= 0.6 is 0 Å².